The molecule has 2 rings (SSSR count). The number of fused-ring (bicyclic) bond motifs is 1. The normalized spacial score (nSPS) is 13.6. The molecule has 0 saturated heterocycles. The van der Waals surface area contributed by atoms with Gasteiger partial charge in [-0.25, -0.2) is 9.59 Å². The van der Waals surface area contributed by atoms with Crippen molar-refractivity contribution < 1.29 is 29.3 Å². The quantitative estimate of drug-likeness (QED) is 0.709. The first-order chi connectivity index (χ1) is 10.5. The number of esters is 2. The third-order valence-electron chi connectivity index (χ3n) is 3.23. The average molecular weight is 307 g/mol. The Bertz CT molecular complexity index is 692. The number of aromatic amines is 1. The van der Waals surface area contributed by atoms with Crippen molar-refractivity contribution in [2.45, 2.75) is 19.1 Å². The van der Waals surface area contributed by atoms with Crippen LogP contribution in [0.4, 0.5) is 0 Å². The first-order valence-electron chi connectivity index (χ1n) is 6.71. The van der Waals surface area contributed by atoms with Gasteiger partial charge in [0.1, 0.15) is 11.8 Å². The van der Waals surface area contributed by atoms with Gasteiger partial charge in [0.15, 0.2) is 6.10 Å². The molecular weight excluding hydrogens is 290 g/mol. The van der Waals surface area contributed by atoms with E-state index in [1.807, 2.05) is 0 Å². The molecule has 118 valence electrons. The highest BCUT2D eigenvalue weighted by Crippen LogP contribution is 2.24. The zero-order valence-corrected chi connectivity index (χ0v) is 12.2. The summed E-state index contributed by atoms with van der Waals surface area (Å²) >= 11 is 0. The van der Waals surface area contributed by atoms with E-state index in [4.69, 9.17) is 4.74 Å². The Balaban J connectivity index is 2.30. The van der Waals surface area contributed by atoms with E-state index < -0.39 is 24.1 Å². The fourth-order valence-corrected chi connectivity index (χ4v) is 2.08. The number of benzene rings is 1. The second-order valence-electron chi connectivity index (χ2n) is 4.66. The lowest BCUT2D eigenvalue weighted by molar-refractivity contribution is -0.156. The van der Waals surface area contributed by atoms with Crippen molar-refractivity contribution in [3.8, 4) is 0 Å². The average Bonchev–Trinajstić information content (AvgIpc) is 2.96. The molecule has 7 heteroatoms. The summed E-state index contributed by atoms with van der Waals surface area (Å²) in [5, 5.41) is 20.4. The van der Waals surface area contributed by atoms with E-state index in [0.717, 1.165) is 12.5 Å². The topological polar surface area (TPSA) is 109 Å². The molecule has 0 spiro atoms. The molecule has 0 aliphatic rings. The number of carbonyl (C=O) groups is 2. The monoisotopic (exact) mass is 307 g/mol. The number of aliphatic hydroxyl groups is 2. The summed E-state index contributed by atoms with van der Waals surface area (Å²) in [6, 6.07) is 6.40. The molecule has 1 aromatic heterocycles. The second kappa shape index (κ2) is 6.59. The lowest BCUT2D eigenvalue weighted by Crippen LogP contribution is -2.28. The Morgan fingerprint density at radius 2 is 2.00 bits per heavy atom. The minimum Gasteiger partial charge on any atom is -0.467 e. The number of methoxy groups -OCH3 is 1. The molecule has 0 aliphatic carbocycles. The third-order valence-corrected chi connectivity index (χ3v) is 3.23. The molecular formula is C15H17NO6. The Morgan fingerprint density at radius 1 is 1.27 bits per heavy atom. The number of hydrogen-bond donors (Lipinski definition) is 3. The second-order valence-corrected chi connectivity index (χ2v) is 4.66. The van der Waals surface area contributed by atoms with Crippen molar-refractivity contribution >= 4 is 22.8 Å². The molecule has 0 aliphatic heterocycles. The van der Waals surface area contributed by atoms with Gasteiger partial charge in [0, 0.05) is 10.9 Å². The zero-order valence-electron chi connectivity index (χ0n) is 12.2. The molecule has 2 atom stereocenters. The lowest BCUT2D eigenvalue weighted by Gasteiger charge is -2.15. The summed E-state index contributed by atoms with van der Waals surface area (Å²) in [5.74, 6) is -1.40. The van der Waals surface area contributed by atoms with Crippen molar-refractivity contribution in [1.29, 1.82) is 0 Å². The van der Waals surface area contributed by atoms with E-state index in [0.29, 0.717) is 11.1 Å². The standard InChI is InChI=1S/C15H17NO6/c1-3-22-14(19)11-6-8-4-5-9(7-10(8)16-11)12(17)13(18)15(20)21-2/h4-7,12-13,16-18H,3H2,1-2H3. The van der Waals surface area contributed by atoms with Gasteiger partial charge in [-0.3, -0.25) is 0 Å². The molecule has 0 bridgehead atoms. The van der Waals surface area contributed by atoms with Crippen LogP contribution in [0.2, 0.25) is 0 Å². The highest BCUT2D eigenvalue weighted by Gasteiger charge is 2.26. The van der Waals surface area contributed by atoms with Crippen LogP contribution in [0, 0.1) is 0 Å². The predicted molar refractivity (Wildman–Crippen MR) is 77.2 cm³/mol. The van der Waals surface area contributed by atoms with Crippen LogP contribution in [0.1, 0.15) is 29.1 Å². The van der Waals surface area contributed by atoms with Crippen LogP contribution in [0.25, 0.3) is 10.9 Å². The summed E-state index contributed by atoms with van der Waals surface area (Å²) in [7, 11) is 1.12. The molecule has 0 fully saturated rings. The largest absolute Gasteiger partial charge is 0.467 e. The number of H-pyrrole nitrogens is 1. The highest BCUT2D eigenvalue weighted by molar-refractivity contribution is 5.95. The van der Waals surface area contributed by atoms with E-state index in [-0.39, 0.29) is 12.3 Å². The maximum absolute atomic E-state index is 11.7. The lowest BCUT2D eigenvalue weighted by atomic mass is 10.0. The van der Waals surface area contributed by atoms with Gasteiger partial charge < -0.3 is 24.7 Å². The van der Waals surface area contributed by atoms with Crippen LogP contribution in [-0.4, -0.2) is 47.0 Å². The van der Waals surface area contributed by atoms with Crippen LogP contribution in [0.5, 0.6) is 0 Å². The molecule has 0 radical (unpaired) electrons. The van der Waals surface area contributed by atoms with Gasteiger partial charge in [0.25, 0.3) is 0 Å². The molecule has 7 nitrogen and oxygen atoms in total. The van der Waals surface area contributed by atoms with Crippen molar-refractivity contribution in [1.82, 2.24) is 4.98 Å². The van der Waals surface area contributed by atoms with Crippen LogP contribution >= 0.6 is 0 Å². The summed E-state index contributed by atoms with van der Waals surface area (Å²) < 4.78 is 9.29. The van der Waals surface area contributed by atoms with Crippen molar-refractivity contribution in [2.24, 2.45) is 0 Å². The van der Waals surface area contributed by atoms with Gasteiger partial charge in [-0.05, 0) is 24.6 Å². The first-order valence-corrected chi connectivity index (χ1v) is 6.71. The predicted octanol–water partition coefficient (Wildman–Crippen LogP) is 0.912. The van der Waals surface area contributed by atoms with Crippen molar-refractivity contribution in [3.05, 3.63) is 35.5 Å². The molecule has 2 unspecified atom stereocenters. The summed E-state index contributed by atoms with van der Waals surface area (Å²) in [6.45, 7) is 1.98. The maximum atomic E-state index is 11.7. The van der Waals surface area contributed by atoms with E-state index >= 15 is 0 Å². The number of ether oxygens (including phenoxy) is 2. The third kappa shape index (κ3) is 3.10. The summed E-state index contributed by atoms with van der Waals surface area (Å²) in [6.07, 6.45) is -3.10. The van der Waals surface area contributed by atoms with Crippen LogP contribution < -0.4 is 0 Å². The van der Waals surface area contributed by atoms with Gasteiger partial charge in [0.2, 0.25) is 0 Å². The van der Waals surface area contributed by atoms with Crippen molar-refractivity contribution in [2.75, 3.05) is 13.7 Å². The minimum atomic E-state index is -1.68. The number of rotatable bonds is 5. The van der Waals surface area contributed by atoms with Crippen LogP contribution in [-0.2, 0) is 14.3 Å². The van der Waals surface area contributed by atoms with Gasteiger partial charge in [-0.1, -0.05) is 12.1 Å². The van der Waals surface area contributed by atoms with Gasteiger partial charge in [0.05, 0.1) is 13.7 Å². The fraction of sp³-hybridized carbons (Fsp3) is 0.333. The van der Waals surface area contributed by atoms with Gasteiger partial charge in [-0.2, -0.15) is 0 Å². The number of nitrogens with one attached hydrogen (secondary N) is 1. The number of hydrogen-bond acceptors (Lipinski definition) is 6. The van der Waals surface area contributed by atoms with Crippen LogP contribution in [0.3, 0.4) is 0 Å². The Hall–Kier alpha value is -2.38. The Labute approximate surface area is 126 Å². The Morgan fingerprint density at radius 3 is 2.64 bits per heavy atom. The molecule has 0 amide bonds. The number of aliphatic hydroxyl groups excluding tert-OH is 2. The van der Waals surface area contributed by atoms with Crippen LogP contribution in [0.15, 0.2) is 24.3 Å². The molecule has 1 heterocycles. The van der Waals surface area contributed by atoms with Crippen molar-refractivity contribution in [3.63, 3.8) is 0 Å². The zero-order chi connectivity index (χ0) is 16.3. The number of aromatic nitrogens is 1. The highest BCUT2D eigenvalue weighted by atomic mass is 16.5. The Kier molecular flexibility index (Phi) is 4.79. The molecule has 2 aromatic rings. The molecule has 3 N–H and O–H groups in total. The summed E-state index contributed by atoms with van der Waals surface area (Å²) in [4.78, 5) is 25.8. The van der Waals surface area contributed by atoms with E-state index in [1.165, 1.54) is 0 Å². The number of carbonyl (C=O) groups excluding carboxylic acids is 2. The molecule has 1 aromatic carbocycles. The van der Waals surface area contributed by atoms with Gasteiger partial charge >= 0.3 is 11.9 Å². The first kappa shape index (κ1) is 16.0. The molecule has 22 heavy (non-hydrogen) atoms. The maximum Gasteiger partial charge on any atom is 0.354 e. The van der Waals surface area contributed by atoms with E-state index in [1.54, 1.807) is 31.2 Å². The van der Waals surface area contributed by atoms with Gasteiger partial charge in [-0.15, -0.1) is 0 Å². The minimum absolute atomic E-state index is 0.267. The van der Waals surface area contributed by atoms with E-state index in [9.17, 15) is 19.8 Å². The smallest absolute Gasteiger partial charge is 0.354 e. The fourth-order valence-electron chi connectivity index (χ4n) is 2.08. The SMILES string of the molecule is CCOC(=O)c1cc2ccc(C(O)C(O)C(=O)OC)cc2[nH]1. The van der Waals surface area contributed by atoms with E-state index in [2.05, 4.69) is 9.72 Å². The molecule has 0 saturated carbocycles. The summed E-state index contributed by atoms with van der Waals surface area (Å²) in [5.41, 5.74) is 1.19.